The highest BCUT2D eigenvalue weighted by Crippen LogP contribution is 2.30. The van der Waals surface area contributed by atoms with Crippen molar-refractivity contribution in [2.24, 2.45) is 0 Å². The molecule has 0 radical (unpaired) electrons. The first-order valence-electron chi connectivity index (χ1n) is 7.87. The molecule has 1 amide bonds. The Bertz CT molecular complexity index is 342. The number of hydrogen-bond acceptors (Lipinski definition) is 3. The highest BCUT2D eigenvalue weighted by atomic mass is 16.2. The summed E-state index contributed by atoms with van der Waals surface area (Å²) < 4.78 is 0. The molecule has 0 aromatic carbocycles. The van der Waals surface area contributed by atoms with E-state index in [2.05, 4.69) is 28.8 Å². The summed E-state index contributed by atoms with van der Waals surface area (Å²) in [6.07, 6.45) is 7.50. The number of carbonyl (C=O) groups excluding carboxylic acids is 1. The Hall–Kier alpha value is -0.610. The molecule has 2 saturated heterocycles. The summed E-state index contributed by atoms with van der Waals surface area (Å²) in [4.78, 5) is 19.4. The van der Waals surface area contributed by atoms with Gasteiger partial charge in [0.05, 0.1) is 6.54 Å². The minimum Gasteiger partial charge on any atom is -0.337 e. The average Bonchev–Trinajstić information content (AvgIpc) is 2.97. The van der Waals surface area contributed by atoms with Gasteiger partial charge < -0.3 is 9.80 Å². The summed E-state index contributed by atoms with van der Waals surface area (Å²) in [5.41, 5.74) is 0. The Kier molecular flexibility index (Phi) is 3.81. The smallest absolute Gasteiger partial charge is 0.237 e. The molecule has 0 aromatic rings. The molecule has 0 aromatic heterocycles. The zero-order chi connectivity index (χ0) is 13.4. The molecule has 4 nitrogen and oxygen atoms in total. The Balaban J connectivity index is 1.60. The molecule has 2 atom stereocenters. The van der Waals surface area contributed by atoms with Crippen LogP contribution in [0.1, 0.15) is 38.5 Å². The number of hydrogen-bond donors (Lipinski definition) is 0. The van der Waals surface area contributed by atoms with Gasteiger partial charge in [0.2, 0.25) is 5.91 Å². The third kappa shape index (κ3) is 2.79. The summed E-state index contributed by atoms with van der Waals surface area (Å²) >= 11 is 0. The molecule has 0 bridgehead atoms. The van der Waals surface area contributed by atoms with Crippen LogP contribution in [0.4, 0.5) is 0 Å². The van der Waals surface area contributed by atoms with Crippen LogP contribution in [0, 0.1) is 0 Å². The maximum atomic E-state index is 12.5. The fourth-order valence-corrected chi connectivity index (χ4v) is 3.87. The lowest BCUT2D eigenvalue weighted by Crippen LogP contribution is -2.49. The van der Waals surface area contributed by atoms with Gasteiger partial charge in [-0.3, -0.25) is 9.69 Å². The maximum Gasteiger partial charge on any atom is 0.237 e. The second-order valence-electron chi connectivity index (χ2n) is 6.63. The van der Waals surface area contributed by atoms with Crippen molar-refractivity contribution >= 4 is 5.91 Å². The van der Waals surface area contributed by atoms with Crippen molar-refractivity contribution in [3.05, 3.63) is 0 Å². The lowest BCUT2D eigenvalue weighted by Gasteiger charge is -2.34. The van der Waals surface area contributed by atoms with E-state index >= 15 is 0 Å². The fourth-order valence-electron chi connectivity index (χ4n) is 3.87. The second kappa shape index (κ2) is 5.41. The molecule has 2 aliphatic heterocycles. The molecule has 3 fully saturated rings. The highest BCUT2D eigenvalue weighted by molar-refractivity contribution is 5.79. The van der Waals surface area contributed by atoms with Crippen LogP contribution in [-0.2, 0) is 4.79 Å². The van der Waals surface area contributed by atoms with E-state index in [4.69, 9.17) is 0 Å². The van der Waals surface area contributed by atoms with E-state index in [9.17, 15) is 4.79 Å². The number of carbonyl (C=O) groups is 1. The molecule has 3 aliphatic rings. The van der Waals surface area contributed by atoms with Gasteiger partial charge in [0, 0.05) is 24.7 Å². The molecular formula is C15H27N3O. The summed E-state index contributed by atoms with van der Waals surface area (Å²) in [5, 5.41) is 0. The predicted molar refractivity (Wildman–Crippen MR) is 76.0 cm³/mol. The largest absolute Gasteiger partial charge is 0.337 e. The quantitative estimate of drug-likeness (QED) is 0.763. The number of likely N-dealkylation sites (tertiary alicyclic amines) is 2. The zero-order valence-electron chi connectivity index (χ0n) is 12.3. The van der Waals surface area contributed by atoms with Crippen LogP contribution in [0.3, 0.4) is 0 Å². The number of nitrogens with zero attached hydrogens (tertiary/aromatic N) is 3. The van der Waals surface area contributed by atoms with Crippen LogP contribution in [-0.4, -0.2) is 72.5 Å². The van der Waals surface area contributed by atoms with Crippen molar-refractivity contribution in [3.8, 4) is 0 Å². The summed E-state index contributed by atoms with van der Waals surface area (Å²) in [6, 6.07) is 1.77. The monoisotopic (exact) mass is 265 g/mol. The van der Waals surface area contributed by atoms with Gasteiger partial charge in [-0.2, -0.15) is 0 Å². The van der Waals surface area contributed by atoms with E-state index < -0.39 is 0 Å². The standard InChI is InChI=1S/C15H27N3O/c1-16-9-3-5-13(16)14-6-4-10-18(14)15(19)11-17(2)12-7-8-12/h12-14H,3-11H2,1-2H3/t13-,14-/m1/s1. The van der Waals surface area contributed by atoms with Gasteiger partial charge >= 0.3 is 0 Å². The van der Waals surface area contributed by atoms with Crippen molar-refractivity contribution in [2.45, 2.75) is 56.7 Å². The van der Waals surface area contributed by atoms with E-state index in [1.165, 1.54) is 45.1 Å². The molecule has 1 saturated carbocycles. The molecule has 0 unspecified atom stereocenters. The van der Waals surface area contributed by atoms with E-state index in [0.29, 0.717) is 30.6 Å². The minimum absolute atomic E-state index is 0.359. The van der Waals surface area contributed by atoms with Gasteiger partial charge in [0.1, 0.15) is 0 Å². The third-order valence-electron chi connectivity index (χ3n) is 5.20. The van der Waals surface area contributed by atoms with Crippen molar-refractivity contribution in [2.75, 3.05) is 33.7 Å². The molecular weight excluding hydrogens is 238 g/mol. The van der Waals surface area contributed by atoms with Crippen LogP contribution in [0.15, 0.2) is 0 Å². The van der Waals surface area contributed by atoms with E-state index in [1.807, 2.05) is 0 Å². The molecule has 4 heteroatoms. The average molecular weight is 265 g/mol. The number of amides is 1. The molecule has 1 aliphatic carbocycles. The fraction of sp³-hybridized carbons (Fsp3) is 0.933. The van der Waals surface area contributed by atoms with Crippen LogP contribution >= 0.6 is 0 Å². The van der Waals surface area contributed by atoms with Crippen LogP contribution in [0.25, 0.3) is 0 Å². The molecule has 0 spiro atoms. The molecule has 2 heterocycles. The molecule has 0 N–H and O–H groups in total. The number of rotatable bonds is 4. The van der Waals surface area contributed by atoms with E-state index in [0.717, 1.165) is 6.54 Å². The predicted octanol–water partition coefficient (Wildman–Crippen LogP) is 1.17. The SMILES string of the molecule is CN(CC(=O)N1CCC[C@@H]1[C@H]1CCCN1C)C1CC1. The molecule has 3 rings (SSSR count). The summed E-state index contributed by atoms with van der Waals surface area (Å²) in [7, 11) is 4.32. The first kappa shape index (κ1) is 13.4. The van der Waals surface area contributed by atoms with Crippen molar-refractivity contribution < 1.29 is 4.79 Å². The van der Waals surface area contributed by atoms with Crippen molar-refractivity contribution in [3.63, 3.8) is 0 Å². The van der Waals surface area contributed by atoms with E-state index in [-0.39, 0.29) is 0 Å². The van der Waals surface area contributed by atoms with Gasteiger partial charge in [0.25, 0.3) is 0 Å². The molecule has 19 heavy (non-hydrogen) atoms. The van der Waals surface area contributed by atoms with Gasteiger partial charge in [-0.15, -0.1) is 0 Å². The molecule has 108 valence electrons. The highest BCUT2D eigenvalue weighted by Gasteiger charge is 2.39. The van der Waals surface area contributed by atoms with Crippen LogP contribution in [0.5, 0.6) is 0 Å². The van der Waals surface area contributed by atoms with Crippen molar-refractivity contribution in [1.29, 1.82) is 0 Å². The first-order chi connectivity index (χ1) is 9.16. The Labute approximate surface area is 116 Å². The number of likely N-dealkylation sites (N-methyl/N-ethyl adjacent to an activating group) is 2. The lowest BCUT2D eigenvalue weighted by atomic mass is 10.0. The minimum atomic E-state index is 0.359. The Morgan fingerprint density at radius 2 is 1.79 bits per heavy atom. The van der Waals surface area contributed by atoms with Gasteiger partial charge in [-0.1, -0.05) is 0 Å². The summed E-state index contributed by atoms with van der Waals surface area (Å²) in [5.74, 6) is 0.359. The maximum absolute atomic E-state index is 12.5. The summed E-state index contributed by atoms with van der Waals surface area (Å²) in [6.45, 7) is 2.80. The topological polar surface area (TPSA) is 26.8 Å². The normalized spacial score (nSPS) is 32.5. The first-order valence-corrected chi connectivity index (χ1v) is 7.87. The van der Waals surface area contributed by atoms with E-state index in [1.54, 1.807) is 0 Å². The van der Waals surface area contributed by atoms with Crippen molar-refractivity contribution in [1.82, 2.24) is 14.7 Å². The zero-order valence-corrected chi connectivity index (χ0v) is 12.3. The van der Waals surface area contributed by atoms with Gasteiger partial charge in [0.15, 0.2) is 0 Å². The van der Waals surface area contributed by atoms with Crippen LogP contribution < -0.4 is 0 Å². The Morgan fingerprint density at radius 1 is 1.11 bits per heavy atom. The second-order valence-corrected chi connectivity index (χ2v) is 6.63. The van der Waals surface area contributed by atoms with Gasteiger partial charge in [-0.25, -0.2) is 0 Å². The lowest BCUT2D eigenvalue weighted by molar-refractivity contribution is -0.134. The third-order valence-corrected chi connectivity index (χ3v) is 5.20. The van der Waals surface area contributed by atoms with Crippen LogP contribution in [0.2, 0.25) is 0 Å². The van der Waals surface area contributed by atoms with Gasteiger partial charge in [-0.05, 0) is 59.2 Å². The Morgan fingerprint density at radius 3 is 2.42 bits per heavy atom.